The van der Waals surface area contributed by atoms with Gasteiger partial charge in [0.05, 0.1) is 5.92 Å². The molecule has 0 unspecified atom stereocenters. The van der Waals surface area contributed by atoms with Crippen LogP contribution in [0.15, 0.2) is 0 Å². The van der Waals surface area contributed by atoms with Crippen LogP contribution < -0.4 is 0 Å². The summed E-state index contributed by atoms with van der Waals surface area (Å²) in [4.78, 5) is 11.2. The lowest BCUT2D eigenvalue weighted by molar-refractivity contribution is -0.143. The summed E-state index contributed by atoms with van der Waals surface area (Å²) in [6, 6.07) is 0. The molecule has 1 N–H and O–H groups in total. The average molecular weight is 212 g/mol. The van der Waals surface area contributed by atoms with Gasteiger partial charge in [0.1, 0.15) is 0 Å². The van der Waals surface area contributed by atoms with E-state index in [9.17, 15) is 9.90 Å². The van der Waals surface area contributed by atoms with Crippen molar-refractivity contribution >= 4 is 5.97 Å². The molecule has 1 rings (SSSR count). The summed E-state index contributed by atoms with van der Waals surface area (Å²) < 4.78 is 0. The Morgan fingerprint density at radius 1 is 1.33 bits per heavy atom. The number of carboxylic acid groups (broad SMARTS) is 1. The molecule has 88 valence electrons. The van der Waals surface area contributed by atoms with Gasteiger partial charge >= 0.3 is 5.97 Å². The first-order valence-electron chi connectivity index (χ1n) is 5.84. The molecular formula is C13H24O2. The topological polar surface area (TPSA) is 37.3 Å². The molecule has 1 saturated carbocycles. The fraction of sp³-hybridized carbons (Fsp3) is 0.923. The van der Waals surface area contributed by atoms with Gasteiger partial charge in [-0.2, -0.15) is 0 Å². The van der Waals surface area contributed by atoms with E-state index in [0.717, 1.165) is 19.3 Å². The quantitative estimate of drug-likeness (QED) is 0.760. The Hall–Kier alpha value is -0.530. The van der Waals surface area contributed by atoms with Crippen LogP contribution in [0.25, 0.3) is 0 Å². The van der Waals surface area contributed by atoms with E-state index in [1.165, 1.54) is 0 Å². The predicted molar refractivity (Wildman–Crippen MR) is 61.7 cm³/mol. The average Bonchev–Trinajstić information content (AvgIpc) is 2.21. The molecule has 0 heterocycles. The molecule has 0 aromatic heterocycles. The van der Waals surface area contributed by atoms with Crippen molar-refractivity contribution in [1.82, 2.24) is 0 Å². The standard InChI is InChI=1S/C13H24O2/c1-12(2,3)6-9-7-13(4,5)8-10(9)11(14)15/h9-10H,6-8H2,1-5H3,(H,14,15)/t9-,10-/m0/s1. The SMILES string of the molecule is CC(C)(C)C[C@H]1CC(C)(C)C[C@@H]1C(=O)O. The Bertz CT molecular complexity index is 248. The summed E-state index contributed by atoms with van der Waals surface area (Å²) in [6.07, 6.45) is 2.91. The summed E-state index contributed by atoms with van der Waals surface area (Å²) in [6.45, 7) is 10.9. The summed E-state index contributed by atoms with van der Waals surface area (Å²) in [5, 5.41) is 9.21. The van der Waals surface area contributed by atoms with Crippen molar-refractivity contribution in [3.05, 3.63) is 0 Å². The second-order valence-electron chi connectivity index (χ2n) is 7.04. The lowest BCUT2D eigenvalue weighted by Crippen LogP contribution is -2.22. The van der Waals surface area contributed by atoms with Crippen LogP contribution in [0.4, 0.5) is 0 Å². The van der Waals surface area contributed by atoms with Crippen molar-refractivity contribution < 1.29 is 9.90 Å². The third-order valence-electron chi connectivity index (χ3n) is 3.35. The summed E-state index contributed by atoms with van der Waals surface area (Å²) in [5.74, 6) is -0.369. The zero-order chi connectivity index (χ0) is 11.9. The van der Waals surface area contributed by atoms with Gasteiger partial charge in [-0.25, -0.2) is 0 Å². The van der Waals surface area contributed by atoms with Crippen molar-refractivity contribution in [1.29, 1.82) is 0 Å². The molecule has 1 aliphatic carbocycles. The van der Waals surface area contributed by atoms with Gasteiger partial charge in [0.15, 0.2) is 0 Å². The maximum atomic E-state index is 11.2. The van der Waals surface area contributed by atoms with Crippen LogP contribution in [0, 0.1) is 22.7 Å². The van der Waals surface area contributed by atoms with Gasteiger partial charge in [-0.3, -0.25) is 4.79 Å². The van der Waals surface area contributed by atoms with Gasteiger partial charge in [0.2, 0.25) is 0 Å². The summed E-state index contributed by atoms with van der Waals surface area (Å²) in [5.41, 5.74) is 0.442. The molecule has 0 aliphatic heterocycles. The first-order chi connectivity index (χ1) is 6.61. The number of carbonyl (C=O) groups is 1. The molecule has 15 heavy (non-hydrogen) atoms. The molecular weight excluding hydrogens is 188 g/mol. The number of rotatable bonds is 2. The predicted octanol–water partition coefficient (Wildman–Crippen LogP) is 3.56. The molecule has 1 aliphatic rings. The smallest absolute Gasteiger partial charge is 0.306 e. The summed E-state index contributed by atoms with van der Waals surface area (Å²) >= 11 is 0. The molecule has 0 bridgehead atoms. The number of carboxylic acids is 1. The molecule has 0 saturated heterocycles. The van der Waals surface area contributed by atoms with Crippen LogP contribution in [0.1, 0.15) is 53.9 Å². The van der Waals surface area contributed by atoms with Gasteiger partial charge in [-0.15, -0.1) is 0 Å². The number of aliphatic carboxylic acids is 1. The molecule has 2 heteroatoms. The van der Waals surface area contributed by atoms with E-state index in [1.807, 2.05) is 0 Å². The Labute approximate surface area is 93.1 Å². The van der Waals surface area contributed by atoms with Crippen molar-refractivity contribution in [2.24, 2.45) is 22.7 Å². The third-order valence-corrected chi connectivity index (χ3v) is 3.35. The fourth-order valence-electron chi connectivity index (χ4n) is 2.99. The monoisotopic (exact) mass is 212 g/mol. The number of hydrogen-bond acceptors (Lipinski definition) is 1. The minimum atomic E-state index is -0.602. The minimum Gasteiger partial charge on any atom is -0.481 e. The van der Waals surface area contributed by atoms with Crippen LogP contribution in [0.3, 0.4) is 0 Å². The molecule has 0 radical (unpaired) electrons. The first kappa shape index (κ1) is 12.5. The van der Waals surface area contributed by atoms with E-state index >= 15 is 0 Å². The molecule has 2 nitrogen and oxygen atoms in total. The Kier molecular flexibility index (Phi) is 3.18. The van der Waals surface area contributed by atoms with E-state index in [2.05, 4.69) is 34.6 Å². The van der Waals surface area contributed by atoms with E-state index < -0.39 is 5.97 Å². The highest BCUT2D eigenvalue weighted by Gasteiger charge is 2.43. The van der Waals surface area contributed by atoms with Crippen LogP contribution in [0.5, 0.6) is 0 Å². The van der Waals surface area contributed by atoms with Gasteiger partial charge < -0.3 is 5.11 Å². The zero-order valence-electron chi connectivity index (χ0n) is 10.6. The zero-order valence-corrected chi connectivity index (χ0v) is 10.6. The summed E-state index contributed by atoms with van der Waals surface area (Å²) in [7, 11) is 0. The number of hydrogen-bond donors (Lipinski definition) is 1. The first-order valence-corrected chi connectivity index (χ1v) is 5.84. The highest BCUT2D eigenvalue weighted by molar-refractivity contribution is 5.71. The molecule has 0 aromatic carbocycles. The molecule has 0 aromatic rings. The van der Waals surface area contributed by atoms with Gasteiger partial charge in [-0.05, 0) is 36.0 Å². The van der Waals surface area contributed by atoms with Gasteiger partial charge in [0, 0.05) is 0 Å². The molecule has 0 amide bonds. The normalized spacial score (nSPS) is 30.5. The highest BCUT2D eigenvalue weighted by atomic mass is 16.4. The second-order valence-corrected chi connectivity index (χ2v) is 7.04. The van der Waals surface area contributed by atoms with E-state index in [4.69, 9.17) is 0 Å². The minimum absolute atomic E-state index is 0.126. The lowest BCUT2D eigenvalue weighted by Gasteiger charge is -2.25. The second kappa shape index (κ2) is 3.80. The Morgan fingerprint density at radius 2 is 1.87 bits per heavy atom. The maximum absolute atomic E-state index is 11.2. The van der Waals surface area contributed by atoms with Crippen LogP contribution in [-0.2, 0) is 4.79 Å². The van der Waals surface area contributed by atoms with E-state index in [-0.39, 0.29) is 16.7 Å². The van der Waals surface area contributed by atoms with Crippen molar-refractivity contribution in [3.63, 3.8) is 0 Å². The van der Waals surface area contributed by atoms with E-state index in [0.29, 0.717) is 5.92 Å². The van der Waals surface area contributed by atoms with Gasteiger partial charge in [0.25, 0.3) is 0 Å². The molecule has 0 spiro atoms. The largest absolute Gasteiger partial charge is 0.481 e. The van der Waals surface area contributed by atoms with Crippen molar-refractivity contribution in [3.8, 4) is 0 Å². The van der Waals surface area contributed by atoms with Crippen LogP contribution in [0.2, 0.25) is 0 Å². The third kappa shape index (κ3) is 3.51. The lowest BCUT2D eigenvalue weighted by atomic mass is 9.79. The Balaban J connectivity index is 2.74. The fourth-order valence-corrected chi connectivity index (χ4v) is 2.99. The van der Waals surface area contributed by atoms with E-state index in [1.54, 1.807) is 0 Å². The van der Waals surface area contributed by atoms with Crippen LogP contribution in [-0.4, -0.2) is 11.1 Å². The van der Waals surface area contributed by atoms with Gasteiger partial charge in [-0.1, -0.05) is 34.6 Å². The molecule has 1 fully saturated rings. The van der Waals surface area contributed by atoms with Crippen molar-refractivity contribution in [2.45, 2.75) is 53.9 Å². The molecule has 2 atom stereocenters. The Morgan fingerprint density at radius 3 is 2.27 bits per heavy atom. The van der Waals surface area contributed by atoms with Crippen LogP contribution >= 0.6 is 0 Å². The van der Waals surface area contributed by atoms with Crippen molar-refractivity contribution in [2.75, 3.05) is 0 Å². The highest BCUT2D eigenvalue weighted by Crippen LogP contribution is 2.48. The maximum Gasteiger partial charge on any atom is 0.306 e.